The van der Waals surface area contributed by atoms with Gasteiger partial charge in [-0.05, 0) is 38.8 Å². The van der Waals surface area contributed by atoms with E-state index in [9.17, 15) is 0 Å². The lowest BCUT2D eigenvalue weighted by Gasteiger charge is -2.13. The van der Waals surface area contributed by atoms with Gasteiger partial charge in [-0.1, -0.05) is 17.7 Å². The Labute approximate surface area is 103 Å². The van der Waals surface area contributed by atoms with E-state index in [0.717, 1.165) is 17.3 Å². The van der Waals surface area contributed by atoms with Gasteiger partial charge in [-0.3, -0.25) is 0 Å². The van der Waals surface area contributed by atoms with E-state index in [-0.39, 0.29) is 0 Å². The van der Waals surface area contributed by atoms with Crippen LogP contribution >= 0.6 is 0 Å². The van der Waals surface area contributed by atoms with E-state index in [1.807, 2.05) is 24.7 Å². The van der Waals surface area contributed by atoms with Gasteiger partial charge in [0, 0.05) is 18.9 Å². The Hall–Kier alpha value is -1.77. The smallest absolute Gasteiger partial charge is 0.207 e. The van der Waals surface area contributed by atoms with Gasteiger partial charge in [-0.2, -0.15) is 0 Å². The fraction of sp³-hybridized carbons (Fsp3) is 0.357. The van der Waals surface area contributed by atoms with Gasteiger partial charge in [-0.15, -0.1) is 0 Å². The normalized spacial score (nSPS) is 10.6. The first-order valence-corrected chi connectivity index (χ1v) is 5.82. The van der Waals surface area contributed by atoms with Crippen molar-refractivity contribution < 1.29 is 0 Å². The zero-order valence-electron chi connectivity index (χ0n) is 11.1. The summed E-state index contributed by atoms with van der Waals surface area (Å²) in [6, 6.07) is 4.37. The summed E-state index contributed by atoms with van der Waals surface area (Å²) >= 11 is 0. The van der Waals surface area contributed by atoms with Crippen molar-refractivity contribution in [2.75, 3.05) is 5.32 Å². The molecule has 3 heteroatoms. The first-order chi connectivity index (χ1) is 7.97. The molecule has 0 aliphatic heterocycles. The topological polar surface area (TPSA) is 29.9 Å². The fourth-order valence-corrected chi connectivity index (χ4v) is 2.22. The molecule has 1 aromatic carbocycles. The molecule has 0 saturated heterocycles. The molecule has 90 valence electrons. The maximum Gasteiger partial charge on any atom is 0.207 e. The number of anilines is 2. The van der Waals surface area contributed by atoms with Crippen LogP contribution in [0.25, 0.3) is 0 Å². The van der Waals surface area contributed by atoms with Crippen LogP contribution in [0.5, 0.6) is 0 Å². The summed E-state index contributed by atoms with van der Waals surface area (Å²) in [5, 5.41) is 3.41. The van der Waals surface area contributed by atoms with Crippen molar-refractivity contribution in [2.45, 2.75) is 27.7 Å². The van der Waals surface area contributed by atoms with Crippen LogP contribution < -0.4 is 5.32 Å². The molecule has 0 spiro atoms. The predicted molar refractivity (Wildman–Crippen MR) is 71.9 cm³/mol. The molecular formula is C14H19N3. The van der Waals surface area contributed by atoms with E-state index < -0.39 is 0 Å². The number of benzene rings is 1. The summed E-state index contributed by atoms with van der Waals surface area (Å²) in [5.41, 5.74) is 5.98. The molecule has 0 atom stereocenters. The molecule has 0 bridgehead atoms. The third-order valence-electron chi connectivity index (χ3n) is 2.91. The summed E-state index contributed by atoms with van der Waals surface area (Å²) in [6.45, 7) is 8.37. The van der Waals surface area contributed by atoms with Crippen molar-refractivity contribution in [3.8, 4) is 0 Å². The third-order valence-corrected chi connectivity index (χ3v) is 2.91. The van der Waals surface area contributed by atoms with Crippen molar-refractivity contribution in [3.05, 3.63) is 40.7 Å². The highest BCUT2D eigenvalue weighted by atomic mass is 15.2. The Morgan fingerprint density at radius 1 is 1.06 bits per heavy atom. The molecule has 2 aromatic rings. The molecule has 0 fully saturated rings. The lowest BCUT2D eigenvalue weighted by molar-refractivity contribution is 0.922. The number of nitrogens with zero attached hydrogens (tertiary/aromatic N) is 2. The van der Waals surface area contributed by atoms with Crippen molar-refractivity contribution in [2.24, 2.45) is 7.05 Å². The Kier molecular flexibility index (Phi) is 2.92. The zero-order valence-corrected chi connectivity index (χ0v) is 11.1. The molecule has 1 aromatic heterocycles. The SMILES string of the molecule is Cc1cc(C)c(Nc2nc(C)cn2C)c(C)c1. The van der Waals surface area contributed by atoms with Crippen LogP contribution in [0, 0.1) is 27.7 Å². The van der Waals surface area contributed by atoms with Crippen LogP contribution in [0.4, 0.5) is 11.6 Å². The Balaban J connectivity index is 2.39. The molecule has 0 radical (unpaired) electrons. The number of aromatic nitrogens is 2. The molecular weight excluding hydrogens is 210 g/mol. The Bertz CT molecular complexity index is 530. The van der Waals surface area contributed by atoms with Crippen LogP contribution in [0.3, 0.4) is 0 Å². The van der Waals surface area contributed by atoms with E-state index >= 15 is 0 Å². The maximum atomic E-state index is 4.46. The fourth-order valence-electron chi connectivity index (χ4n) is 2.22. The summed E-state index contributed by atoms with van der Waals surface area (Å²) in [5.74, 6) is 0.887. The molecule has 0 aliphatic carbocycles. The minimum atomic E-state index is 0.887. The second-order valence-corrected chi connectivity index (χ2v) is 4.72. The lowest BCUT2D eigenvalue weighted by atomic mass is 10.1. The van der Waals surface area contributed by atoms with Crippen LogP contribution in [-0.4, -0.2) is 9.55 Å². The van der Waals surface area contributed by atoms with Crippen molar-refractivity contribution in [1.82, 2.24) is 9.55 Å². The van der Waals surface area contributed by atoms with Crippen LogP contribution in [-0.2, 0) is 7.05 Å². The zero-order chi connectivity index (χ0) is 12.6. The van der Waals surface area contributed by atoms with Gasteiger partial charge in [0.25, 0.3) is 0 Å². The Morgan fingerprint density at radius 3 is 2.12 bits per heavy atom. The van der Waals surface area contributed by atoms with Gasteiger partial charge in [0.05, 0.1) is 5.69 Å². The van der Waals surface area contributed by atoms with E-state index in [1.54, 1.807) is 0 Å². The van der Waals surface area contributed by atoms with Gasteiger partial charge in [0.15, 0.2) is 0 Å². The minimum Gasteiger partial charge on any atom is -0.325 e. The van der Waals surface area contributed by atoms with Crippen molar-refractivity contribution >= 4 is 11.6 Å². The quantitative estimate of drug-likeness (QED) is 0.855. The Morgan fingerprint density at radius 2 is 1.65 bits per heavy atom. The molecule has 2 rings (SSSR count). The molecule has 0 aliphatic rings. The third kappa shape index (κ3) is 2.33. The first kappa shape index (κ1) is 11.7. The van der Waals surface area contributed by atoms with Gasteiger partial charge in [-0.25, -0.2) is 4.98 Å². The maximum absolute atomic E-state index is 4.46. The van der Waals surface area contributed by atoms with E-state index in [0.29, 0.717) is 0 Å². The number of nitrogens with one attached hydrogen (secondary N) is 1. The molecule has 17 heavy (non-hydrogen) atoms. The molecule has 1 N–H and O–H groups in total. The van der Waals surface area contributed by atoms with Crippen LogP contribution in [0.2, 0.25) is 0 Å². The number of hydrogen-bond donors (Lipinski definition) is 1. The number of hydrogen-bond acceptors (Lipinski definition) is 2. The second kappa shape index (κ2) is 4.24. The average molecular weight is 229 g/mol. The van der Waals surface area contributed by atoms with Gasteiger partial charge < -0.3 is 9.88 Å². The number of rotatable bonds is 2. The molecule has 0 amide bonds. The summed E-state index contributed by atoms with van der Waals surface area (Å²) in [4.78, 5) is 4.46. The summed E-state index contributed by atoms with van der Waals surface area (Å²) in [6.07, 6.45) is 2.02. The van der Waals surface area contributed by atoms with Gasteiger partial charge >= 0.3 is 0 Å². The number of aryl methyl sites for hydroxylation is 5. The average Bonchev–Trinajstić information content (AvgIpc) is 2.51. The highest BCUT2D eigenvalue weighted by Crippen LogP contribution is 2.25. The second-order valence-electron chi connectivity index (χ2n) is 4.72. The lowest BCUT2D eigenvalue weighted by Crippen LogP contribution is -2.02. The number of imidazole rings is 1. The monoisotopic (exact) mass is 229 g/mol. The van der Waals surface area contributed by atoms with Gasteiger partial charge in [0.1, 0.15) is 0 Å². The molecule has 0 unspecified atom stereocenters. The predicted octanol–water partition coefficient (Wildman–Crippen LogP) is 3.40. The highest BCUT2D eigenvalue weighted by Gasteiger charge is 2.07. The van der Waals surface area contributed by atoms with Crippen molar-refractivity contribution in [3.63, 3.8) is 0 Å². The van der Waals surface area contributed by atoms with E-state index in [1.165, 1.54) is 16.7 Å². The first-order valence-electron chi connectivity index (χ1n) is 5.82. The van der Waals surface area contributed by atoms with E-state index in [2.05, 4.69) is 43.2 Å². The van der Waals surface area contributed by atoms with Crippen molar-refractivity contribution in [1.29, 1.82) is 0 Å². The standard InChI is InChI=1S/C14H19N3/c1-9-6-10(2)13(11(3)7-9)16-14-15-12(4)8-17(14)5/h6-8H,1-5H3,(H,15,16). The molecule has 1 heterocycles. The van der Waals surface area contributed by atoms with E-state index in [4.69, 9.17) is 0 Å². The van der Waals surface area contributed by atoms with Crippen LogP contribution in [0.1, 0.15) is 22.4 Å². The summed E-state index contributed by atoms with van der Waals surface area (Å²) < 4.78 is 2.01. The largest absolute Gasteiger partial charge is 0.325 e. The van der Waals surface area contributed by atoms with Crippen LogP contribution in [0.15, 0.2) is 18.3 Å². The minimum absolute atomic E-state index is 0.887. The van der Waals surface area contributed by atoms with Gasteiger partial charge in [0.2, 0.25) is 5.95 Å². The summed E-state index contributed by atoms with van der Waals surface area (Å²) in [7, 11) is 2.00. The molecule has 3 nitrogen and oxygen atoms in total. The highest BCUT2D eigenvalue weighted by molar-refractivity contribution is 5.64. The molecule has 0 saturated carbocycles.